The SMILES string of the molecule is CCC(C)(C)C1CCC(C#N)C(OCC(C)C)C1. The Morgan fingerprint density at radius 1 is 1.33 bits per heavy atom. The van der Waals surface area contributed by atoms with E-state index in [9.17, 15) is 5.26 Å². The Labute approximate surface area is 113 Å². The van der Waals surface area contributed by atoms with Gasteiger partial charge < -0.3 is 4.74 Å². The molecule has 104 valence electrons. The van der Waals surface area contributed by atoms with Crippen molar-refractivity contribution in [2.24, 2.45) is 23.2 Å². The molecule has 1 rings (SSSR count). The number of rotatable bonds is 5. The van der Waals surface area contributed by atoms with Gasteiger partial charge in [0, 0.05) is 6.61 Å². The lowest BCUT2D eigenvalue weighted by Crippen LogP contribution is -2.37. The molecule has 0 N–H and O–H groups in total. The summed E-state index contributed by atoms with van der Waals surface area (Å²) in [5, 5.41) is 9.24. The zero-order valence-corrected chi connectivity index (χ0v) is 12.7. The second kappa shape index (κ2) is 6.57. The first-order valence-electron chi connectivity index (χ1n) is 7.42. The topological polar surface area (TPSA) is 33.0 Å². The molecule has 1 saturated carbocycles. The minimum Gasteiger partial charge on any atom is -0.377 e. The number of nitriles is 1. The van der Waals surface area contributed by atoms with Crippen molar-refractivity contribution in [1.29, 1.82) is 5.26 Å². The first-order chi connectivity index (χ1) is 8.40. The van der Waals surface area contributed by atoms with E-state index in [1.165, 1.54) is 12.8 Å². The molecule has 0 bridgehead atoms. The van der Waals surface area contributed by atoms with Gasteiger partial charge in [0.25, 0.3) is 0 Å². The molecule has 2 nitrogen and oxygen atoms in total. The third-order valence-corrected chi connectivity index (χ3v) is 4.62. The van der Waals surface area contributed by atoms with Crippen molar-refractivity contribution in [2.45, 2.75) is 66.4 Å². The molecule has 0 heterocycles. The maximum atomic E-state index is 9.24. The lowest BCUT2D eigenvalue weighted by atomic mass is 9.67. The van der Waals surface area contributed by atoms with Gasteiger partial charge in [0.05, 0.1) is 18.1 Å². The lowest BCUT2D eigenvalue weighted by Gasteiger charge is -2.41. The number of hydrogen-bond donors (Lipinski definition) is 0. The molecular weight excluding hydrogens is 222 g/mol. The molecule has 18 heavy (non-hydrogen) atoms. The molecule has 0 saturated heterocycles. The van der Waals surface area contributed by atoms with Crippen LogP contribution in [0.2, 0.25) is 0 Å². The van der Waals surface area contributed by atoms with Crippen molar-refractivity contribution in [3.8, 4) is 6.07 Å². The fourth-order valence-corrected chi connectivity index (χ4v) is 2.78. The summed E-state index contributed by atoms with van der Waals surface area (Å²) >= 11 is 0. The van der Waals surface area contributed by atoms with E-state index in [1.807, 2.05) is 0 Å². The van der Waals surface area contributed by atoms with Crippen LogP contribution < -0.4 is 0 Å². The van der Waals surface area contributed by atoms with Gasteiger partial charge in [0.1, 0.15) is 0 Å². The van der Waals surface area contributed by atoms with Crippen molar-refractivity contribution < 1.29 is 4.74 Å². The van der Waals surface area contributed by atoms with Crippen LogP contribution in [0, 0.1) is 34.5 Å². The molecule has 1 aliphatic rings. The van der Waals surface area contributed by atoms with Crippen LogP contribution >= 0.6 is 0 Å². The molecule has 0 spiro atoms. The highest BCUT2D eigenvalue weighted by Crippen LogP contribution is 2.42. The first kappa shape index (κ1) is 15.5. The van der Waals surface area contributed by atoms with E-state index in [-0.39, 0.29) is 12.0 Å². The Morgan fingerprint density at radius 2 is 2.00 bits per heavy atom. The maximum absolute atomic E-state index is 9.24. The van der Waals surface area contributed by atoms with Crippen molar-refractivity contribution in [3.63, 3.8) is 0 Å². The average molecular weight is 251 g/mol. The largest absolute Gasteiger partial charge is 0.377 e. The molecule has 0 aromatic carbocycles. The van der Waals surface area contributed by atoms with Crippen LogP contribution in [-0.4, -0.2) is 12.7 Å². The molecule has 0 aliphatic heterocycles. The lowest BCUT2D eigenvalue weighted by molar-refractivity contribution is -0.0403. The second-order valence-corrected chi connectivity index (χ2v) is 6.85. The van der Waals surface area contributed by atoms with Gasteiger partial charge in [-0.3, -0.25) is 0 Å². The zero-order chi connectivity index (χ0) is 13.8. The van der Waals surface area contributed by atoms with Crippen LogP contribution in [0.5, 0.6) is 0 Å². The molecule has 0 amide bonds. The smallest absolute Gasteiger partial charge is 0.0736 e. The fourth-order valence-electron chi connectivity index (χ4n) is 2.78. The predicted octanol–water partition coefficient (Wildman–Crippen LogP) is 4.40. The Kier molecular flexibility index (Phi) is 5.66. The van der Waals surface area contributed by atoms with Gasteiger partial charge in [-0.25, -0.2) is 0 Å². The summed E-state index contributed by atoms with van der Waals surface area (Å²) in [6, 6.07) is 2.44. The zero-order valence-electron chi connectivity index (χ0n) is 12.7. The van der Waals surface area contributed by atoms with E-state index in [0.717, 1.165) is 19.4 Å². The van der Waals surface area contributed by atoms with Crippen LogP contribution in [0.15, 0.2) is 0 Å². The average Bonchev–Trinajstić information content (AvgIpc) is 2.35. The third-order valence-electron chi connectivity index (χ3n) is 4.62. The van der Waals surface area contributed by atoms with Crippen molar-refractivity contribution in [3.05, 3.63) is 0 Å². The molecule has 2 heteroatoms. The molecule has 0 aromatic heterocycles. The Morgan fingerprint density at radius 3 is 2.50 bits per heavy atom. The van der Waals surface area contributed by atoms with Crippen LogP contribution in [-0.2, 0) is 4.74 Å². The summed E-state index contributed by atoms with van der Waals surface area (Å²) < 4.78 is 6.00. The van der Waals surface area contributed by atoms with E-state index >= 15 is 0 Å². The minimum atomic E-state index is 0.104. The highest BCUT2D eigenvalue weighted by atomic mass is 16.5. The Balaban J connectivity index is 2.63. The number of ether oxygens (including phenoxy) is 1. The van der Waals surface area contributed by atoms with E-state index in [1.54, 1.807) is 0 Å². The van der Waals surface area contributed by atoms with Crippen molar-refractivity contribution in [1.82, 2.24) is 0 Å². The van der Waals surface area contributed by atoms with Gasteiger partial charge in [-0.2, -0.15) is 5.26 Å². The van der Waals surface area contributed by atoms with Gasteiger partial charge in [0.15, 0.2) is 0 Å². The fraction of sp³-hybridized carbons (Fsp3) is 0.938. The molecule has 0 radical (unpaired) electrons. The highest BCUT2D eigenvalue weighted by molar-refractivity contribution is 4.96. The van der Waals surface area contributed by atoms with E-state index < -0.39 is 0 Å². The van der Waals surface area contributed by atoms with Gasteiger partial charge in [-0.15, -0.1) is 0 Å². The number of nitrogens with zero attached hydrogens (tertiary/aromatic N) is 1. The van der Waals surface area contributed by atoms with E-state index in [4.69, 9.17) is 4.74 Å². The quantitative estimate of drug-likeness (QED) is 0.725. The second-order valence-electron chi connectivity index (χ2n) is 6.85. The van der Waals surface area contributed by atoms with Gasteiger partial charge >= 0.3 is 0 Å². The molecular formula is C16H29NO. The van der Waals surface area contributed by atoms with Crippen molar-refractivity contribution in [2.75, 3.05) is 6.61 Å². The Hall–Kier alpha value is -0.550. The summed E-state index contributed by atoms with van der Waals surface area (Å²) in [7, 11) is 0. The van der Waals surface area contributed by atoms with Crippen LogP contribution in [0.4, 0.5) is 0 Å². The van der Waals surface area contributed by atoms with Crippen molar-refractivity contribution >= 4 is 0 Å². The molecule has 3 unspecified atom stereocenters. The molecule has 1 aliphatic carbocycles. The summed E-state index contributed by atoms with van der Waals surface area (Å²) in [4.78, 5) is 0. The third kappa shape index (κ3) is 3.99. The van der Waals surface area contributed by atoms with Gasteiger partial charge in [-0.05, 0) is 36.5 Å². The molecule has 1 fully saturated rings. The highest BCUT2D eigenvalue weighted by Gasteiger charge is 2.37. The standard InChI is InChI=1S/C16H29NO/c1-6-16(4,5)14-8-7-13(10-17)15(9-14)18-11-12(2)3/h12-15H,6-9,11H2,1-5H3. The van der Waals surface area contributed by atoms with Crippen LogP contribution in [0.1, 0.15) is 60.3 Å². The Bertz CT molecular complexity index is 290. The monoisotopic (exact) mass is 251 g/mol. The van der Waals surface area contributed by atoms with Gasteiger partial charge in [-0.1, -0.05) is 41.0 Å². The normalized spacial score (nSPS) is 29.3. The molecule has 0 aromatic rings. The van der Waals surface area contributed by atoms with Crippen LogP contribution in [0.3, 0.4) is 0 Å². The maximum Gasteiger partial charge on any atom is 0.0736 e. The predicted molar refractivity (Wildman–Crippen MR) is 75.1 cm³/mol. The summed E-state index contributed by atoms with van der Waals surface area (Å²) in [5.41, 5.74) is 0.375. The summed E-state index contributed by atoms with van der Waals surface area (Å²) in [6.45, 7) is 12.1. The summed E-state index contributed by atoms with van der Waals surface area (Å²) in [5.74, 6) is 1.35. The first-order valence-corrected chi connectivity index (χ1v) is 7.42. The van der Waals surface area contributed by atoms with E-state index in [2.05, 4.69) is 40.7 Å². The molecule has 3 atom stereocenters. The minimum absolute atomic E-state index is 0.104. The van der Waals surface area contributed by atoms with Crippen LogP contribution in [0.25, 0.3) is 0 Å². The summed E-state index contributed by atoms with van der Waals surface area (Å²) in [6.07, 6.45) is 4.60. The number of hydrogen-bond acceptors (Lipinski definition) is 2. The van der Waals surface area contributed by atoms with E-state index in [0.29, 0.717) is 17.3 Å². The van der Waals surface area contributed by atoms with Gasteiger partial charge in [0.2, 0.25) is 0 Å².